The largest absolute Gasteiger partial charge is 0.373 e. The average Bonchev–Trinajstić information content (AvgIpc) is 3.60. The van der Waals surface area contributed by atoms with E-state index in [-0.39, 0.29) is 30.3 Å². The van der Waals surface area contributed by atoms with Crippen LogP contribution in [0.15, 0.2) is 53.1 Å². The number of hydrogen-bond donors (Lipinski definition) is 1. The number of ether oxygens (including phenoxy) is 1. The van der Waals surface area contributed by atoms with Crippen molar-refractivity contribution in [3.8, 4) is 11.3 Å². The lowest BCUT2D eigenvalue weighted by Gasteiger charge is -2.39. The topological polar surface area (TPSA) is 67.6 Å². The highest BCUT2D eigenvalue weighted by Crippen LogP contribution is 2.46. The molecule has 2 aliphatic heterocycles. The SMILES string of the molecule is C[C@H](NC(=O)N1C2CC[C@H]1CC(OCc1c(-c3c(Cl)cccc3Cl)noc1C1CC1)C2)c1ccccc1. The molecule has 2 bridgehead atoms. The van der Waals surface area contributed by atoms with Gasteiger partial charge >= 0.3 is 6.03 Å². The van der Waals surface area contributed by atoms with Gasteiger partial charge in [0.15, 0.2) is 0 Å². The maximum atomic E-state index is 13.2. The molecule has 1 aliphatic carbocycles. The summed E-state index contributed by atoms with van der Waals surface area (Å²) in [5.41, 5.74) is 3.42. The van der Waals surface area contributed by atoms with Crippen LogP contribution in [0.3, 0.4) is 0 Å². The van der Waals surface area contributed by atoms with Crippen LogP contribution in [0.1, 0.15) is 74.3 Å². The maximum absolute atomic E-state index is 13.2. The first kappa shape index (κ1) is 24.8. The fourth-order valence-corrected chi connectivity index (χ4v) is 6.51. The summed E-state index contributed by atoms with van der Waals surface area (Å²) in [6.07, 6.45) is 5.95. The third kappa shape index (κ3) is 4.99. The number of hydrogen-bond acceptors (Lipinski definition) is 4. The number of benzene rings is 2. The van der Waals surface area contributed by atoms with Gasteiger partial charge in [-0.1, -0.05) is 64.8 Å². The Labute approximate surface area is 227 Å². The van der Waals surface area contributed by atoms with Gasteiger partial charge < -0.3 is 19.5 Å². The van der Waals surface area contributed by atoms with Crippen LogP contribution in [0.2, 0.25) is 10.0 Å². The van der Waals surface area contributed by atoms with Gasteiger partial charge in [-0.15, -0.1) is 0 Å². The third-order valence-corrected chi connectivity index (χ3v) is 8.62. The molecule has 2 aromatic carbocycles. The summed E-state index contributed by atoms with van der Waals surface area (Å²) >= 11 is 13.0. The van der Waals surface area contributed by atoms with Crippen molar-refractivity contribution in [2.75, 3.05) is 0 Å². The third-order valence-electron chi connectivity index (χ3n) is 7.99. The van der Waals surface area contributed by atoms with Crippen LogP contribution in [-0.4, -0.2) is 34.3 Å². The molecule has 2 amide bonds. The Hall–Kier alpha value is -2.54. The van der Waals surface area contributed by atoms with Crippen molar-refractivity contribution >= 4 is 29.2 Å². The van der Waals surface area contributed by atoms with Gasteiger partial charge in [-0.25, -0.2) is 4.79 Å². The van der Waals surface area contributed by atoms with Crippen molar-refractivity contribution in [3.63, 3.8) is 0 Å². The predicted octanol–water partition coefficient (Wildman–Crippen LogP) is 7.51. The number of nitrogens with one attached hydrogen (secondary N) is 1. The standard InChI is InChI=1S/C29H31Cl2N3O3/c1-17(18-6-3-2-4-7-18)32-29(35)34-20-12-13-21(34)15-22(14-20)36-16-23-27(33-37-28(23)19-10-11-19)26-24(30)8-5-9-25(26)31/h2-9,17,19-22H,10-16H2,1H3,(H,32,35)/t17-,20-,21?,22?/m0/s1. The maximum Gasteiger partial charge on any atom is 0.318 e. The number of halogens is 2. The van der Waals surface area contributed by atoms with Crippen molar-refractivity contribution in [1.82, 2.24) is 15.4 Å². The van der Waals surface area contributed by atoms with E-state index in [0.29, 0.717) is 33.8 Å². The summed E-state index contributed by atoms with van der Waals surface area (Å²) in [5.74, 6) is 1.27. The Morgan fingerprint density at radius 2 is 1.73 bits per heavy atom. The molecule has 6 rings (SSSR count). The van der Waals surface area contributed by atoms with Crippen LogP contribution in [-0.2, 0) is 11.3 Å². The molecule has 8 heteroatoms. The molecular formula is C29H31Cl2N3O3. The van der Waals surface area contributed by atoms with Crippen molar-refractivity contribution in [2.45, 2.75) is 82.2 Å². The first-order valence-corrected chi connectivity index (χ1v) is 13.9. The number of nitrogens with zero attached hydrogens (tertiary/aromatic N) is 2. The minimum Gasteiger partial charge on any atom is -0.373 e. The monoisotopic (exact) mass is 539 g/mol. The van der Waals surface area contributed by atoms with Gasteiger partial charge in [0, 0.05) is 29.1 Å². The van der Waals surface area contributed by atoms with Gasteiger partial charge in [0.2, 0.25) is 0 Å². The number of carbonyl (C=O) groups is 1. The van der Waals surface area contributed by atoms with Gasteiger partial charge in [0.05, 0.1) is 28.8 Å². The van der Waals surface area contributed by atoms with Gasteiger partial charge in [-0.2, -0.15) is 0 Å². The Balaban J connectivity index is 1.13. The zero-order valence-corrected chi connectivity index (χ0v) is 22.3. The van der Waals surface area contributed by atoms with E-state index in [0.717, 1.165) is 55.4 Å². The highest BCUT2D eigenvalue weighted by Gasteiger charge is 2.44. The lowest BCUT2D eigenvalue weighted by molar-refractivity contribution is -0.0173. The number of urea groups is 1. The zero-order chi connectivity index (χ0) is 25.5. The van der Waals surface area contributed by atoms with E-state index < -0.39 is 0 Å². The number of fused-ring (bicyclic) bond motifs is 2. The molecule has 0 spiro atoms. The molecule has 3 aliphatic rings. The van der Waals surface area contributed by atoms with Crippen molar-refractivity contribution in [3.05, 3.63) is 75.5 Å². The van der Waals surface area contributed by atoms with Crippen molar-refractivity contribution in [1.29, 1.82) is 0 Å². The number of carbonyl (C=O) groups excluding carboxylic acids is 1. The number of rotatable bonds is 7. The minimum atomic E-state index is -0.0356. The van der Waals surface area contributed by atoms with E-state index in [4.69, 9.17) is 32.5 Å². The van der Waals surface area contributed by atoms with Crippen molar-refractivity contribution in [2.24, 2.45) is 0 Å². The fraction of sp³-hybridized carbons (Fsp3) is 0.448. The Morgan fingerprint density at radius 3 is 2.38 bits per heavy atom. The Bertz CT molecular complexity index is 1240. The number of amides is 2. The molecule has 1 saturated carbocycles. The second-order valence-corrected chi connectivity index (χ2v) is 11.3. The summed E-state index contributed by atoms with van der Waals surface area (Å²) in [7, 11) is 0. The molecule has 37 heavy (non-hydrogen) atoms. The Kier molecular flexibility index (Phi) is 6.91. The second kappa shape index (κ2) is 10.3. The molecule has 2 saturated heterocycles. The fourth-order valence-electron chi connectivity index (χ4n) is 5.93. The lowest BCUT2D eigenvalue weighted by Crippen LogP contribution is -2.52. The van der Waals surface area contributed by atoms with Crippen LogP contribution < -0.4 is 5.32 Å². The highest BCUT2D eigenvalue weighted by molar-refractivity contribution is 6.39. The smallest absolute Gasteiger partial charge is 0.318 e. The first-order valence-electron chi connectivity index (χ1n) is 13.2. The molecule has 1 N–H and O–H groups in total. The van der Waals surface area contributed by atoms with Gasteiger partial charge in [-0.3, -0.25) is 0 Å². The summed E-state index contributed by atoms with van der Waals surface area (Å²) in [5, 5.41) is 8.67. The highest BCUT2D eigenvalue weighted by atomic mass is 35.5. The molecule has 3 aromatic rings. The number of aromatic nitrogens is 1. The Morgan fingerprint density at radius 1 is 1.05 bits per heavy atom. The van der Waals surface area contributed by atoms with Gasteiger partial charge in [0.25, 0.3) is 0 Å². The summed E-state index contributed by atoms with van der Waals surface area (Å²) in [6, 6.07) is 15.9. The molecule has 3 fully saturated rings. The van der Waals surface area contributed by atoms with Gasteiger partial charge in [-0.05, 0) is 63.1 Å². The van der Waals surface area contributed by atoms with Crippen LogP contribution in [0.5, 0.6) is 0 Å². The quantitative estimate of drug-likeness (QED) is 0.337. The first-order chi connectivity index (χ1) is 18.0. The second-order valence-electron chi connectivity index (χ2n) is 10.5. The van der Waals surface area contributed by atoms with Crippen LogP contribution >= 0.6 is 23.2 Å². The average molecular weight is 540 g/mol. The lowest BCUT2D eigenvalue weighted by atomic mass is 9.99. The molecular weight excluding hydrogens is 509 g/mol. The molecule has 2 unspecified atom stereocenters. The number of piperidine rings is 1. The minimum absolute atomic E-state index is 0.0213. The predicted molar refractivity (Wildman–Crippen MR) is 144 cm³/mol. The summed E-state index contributed by atoms with van der Waals surface area (Å²) in [6.45, 7) is 2.43. The van der Waals surface area contributed by atoms with Crippen molar-refractivity contribution < 1.29 is 14.1 Å². The van der Waals surface area contributed by atoms with E-state index in [1.165, 1.54) is 0 Å². The molecule has 4 atom stereocenters. The van der Waals surface area contributed by atoms with E-state index in [2.05, 4.69) is 15.4 Å². The van der Waals surface area contributed by atoms with E-state index in [1.807, 2.05) is 55.5 Å². The molecule has 1 aromatic heterocycles. The molecule has 194 valence electrons. The van der Waals surface area contributed by atoms with E-state index in [9.17, 15) is 4.79 Å². The van der Waals surface area contributed by atoms with Crippen LogP contribution in [0.4, 0.5) is 4.79 Å². The molecule has 0 radical (unpaired) electrons. The van der Waals surface area contributed by atoms with E-state index >= 15 is 0 Å². The van der Waals surface area contributed by atoms with Crippen LogP contribution in [0, 0.1) is 0 Å². The normalized spacial score (nSPS) is 23.8. The summed E-state index contributed by atoms with van der Waals surface area (Å²) in [4.78, 5) is 15.3. The summed E-state index contributed by atoms with van der Waals surface area (Å²) < 4.78 is 12.3. The zero-order valence-electron chi connectivity index (χ0n) is 20.8. The van der Waals surface area contributed by atoms with E-state index in [1.54, 1.807) is 0 Å². The van der Waals surface area contributed by atoms with Crippen LogP contribution in [0.25, 0.3) is 11.3 Å². The molecule has 6 nitrogen and oxygen atoms in total. The molecule has 3 heterocycles. The van der Waals surface area contributed by atoms with Gasteiger partial charge in [0.1, 0.15) is 11.5 Å².